The standard InChI is InChI=1S/C14H30N4O4/c1-3-6-16-13(19)21-11-9-18(8-5-15)10-12-22-14(20)17-7-4-2/h3-12,15H2,1-2H3,(H,16,19)(H,17,20). The van der Waals surface area contributed by atoms with E-state index in [1.807, 2.05) is 18.7 Å². The maximum absolute atomic E-state index is 11.3. The third-order valence-corrected chi connectivity index (χ3v) is 2.77. The van der Waals surface area contributed by atoms with Crippen molar-refractivity contribution in [3.63, 3.8) is 0 Å². The van der Waals surface area contributed by atoms with Gasteiger partial charge >= 0.3 is 12.2 Å². The van der Waals surface area contributed by atoms with Gasteiger partial charge in [-0.15, -0.1) is 0 Å². The zero-order valence-electron chi connectivity index (χ0n) is 13.7. The number of ether oxygens (including phenoxy) is 2. The number of carbonyl (C=O) groups excluding carboxylic acids is 2. The molecule has 0 radical (unpaired) electrons. The minimum absolute atomic E-state index is 0.275. The predicted molar refractivity (Wildman–Crippen MR) is 84.8 cm³/mol. The molecule has 0 aromatic carbocycles. The van der Waals surface area contributed by atoms with Gasteiger partial charge in [-0.2, -0.15) is 0 Å². The van der Waals surface area contributed by atoms with E-state index in [2.05, 4.69) is 10.6 Å². The summed E-state index contributed by atoms with van der Waals surface area (Å²) < 4.78 is 10.1. The van der Waals surface area contributed by atoms with Crippen LogP contribution in [0, 0.1) is 0 Å². The average molecular weight is 318 g/mol. The van der Waals surface area contributed by atoms with Crippen molar-refractivity contribution in [3.05, 3.63) is 0 Å². The highest BCUT2D eigenvalue weighted by Gasteiger charge is 2.08. The minimum atomic E-state index is -0.412. The number of nitrogens with one attached hydrogen (secondary N) is 2. The highest BCUT2D eigenvalue weighted by molar-refractivity contribution is 5.67. The molecular formula is C14H30N4O4. The Balaban J connectivity index is 3.81. The van der Waals surface area contributed by atoms with E-state index in [4.69, 9.17) is 15.2 Å². The van der Waals surface area contributed by atoms with Crippen LogP contribution in [0.5, 0.6) is 0 Å². The van der Waals surface area contributed by atoms with Crippen molar-refractivity contribution in [3.8, 4) is 0 Å². The summed E-state index contributed by atoms with van der Waals surface area (Å²) in [5.74, 6) is 0. The number of amides is 2. The molecule has 22 heavy (non-hydrogen) atoms. The molecule has 0 saturated carbocycles. The normalized spacial score (nSPS) is 10.4. The maximum atomic E-state index is 11.3. The molecule has 0 aromatic rings. The van der Waals surface area contributed by atoms with E-state index in [0.29, 0.717) is 39.3 Å². The summed E-state index contributed by atoms with van der Waals surface area (Å²) in [6, 6.07) is 0. The van der Waals surface area contributed by atoms with Crippen LogP contribution in [-0.2, 0) is 9.47 Å². The Hall–Kier alpha value is -1.54. The zero-order valence-corrected chi connectivity index (χ0v) is 13.7. The second-order valence-corrected chi connectivity index (χ2v) is 4.76. The van der Waals surface area contributed by atoms with E-state index >= 15 is 0 Å². The first-order valence-electron chi connectivity index (χ1n) is 7.87. The fraction of sp³-hybridized carbons (Fsp3) is 0.857. The van der Waals surface area contributed by atoms with E-state index in [1.54, 1.807) is 0 Å². The molecule has 0 aliphatic carbocycles. The van der Waals surface area contributed by atoms with Crippen LogP contribution in [0.3, 0.4) is 0 Å². The Morgan fingerprint density at radius 3 is 1.73 bits per heavy atom. The van der Waals surface area contributed by atoms with Crippen molar-refractivity contribution in [1.82, 2.24) is 15.5 Å². The summed E-state index contributed by atoms with van der Waals surface area (Å²) in [5, 5.41) is 5.27. The van der Waals surface area contributed by atoms with Crippen LogP contribution in [0.4, 0.5) is 9.59 Å². The molecule has 0 saturated heterocycles. The molecule has 0 aliphatic rings. The molecule has 0 heterocycles. The Kier molecular flexibility index (Phi) is 13.4. The molecule has 8 heteroatoms. The first-order chi connectivity index (χ1) is 10.6. The van der Waals surface area contributed by atoms with Gasteiger partial charge < -0.3 is 25.8 Å². The fourth-order valence-electron chi connectivity index (χ4n) is 1.61. The summed E-state index contributed by atoms with van der Waals surface area (Å²) in [7, 11) is 0. The molecule has 0 atom stereocenters. The molecule has 0 spiro atoms. The van der Waals surface area contributed by atoms with Gasteiger partial charge in [0, 0.05) is 39.3 Å². The molecular weight excluding hydrogens is 288 g/mol. The minimum Gasteiger partial charge on any atom is -0.448 e. The maximum Gasteiger partial charge on any atom is 0.407 e. The van der Waals surface area contributed by atoms with Gasteiger partial charge in [-0.05, 0) is 12.8 Å². The topological polar surface area (TPSA) is 106 Å². The molecule has 0 aliphatic heterocycles. The van der Waals surface area contributed by atoms with Gasteiger partial charge in [0.05, 0.1) is 0 Å². The van der Waals surface area contributed by atoms with Crippen molar-refractivity contribution in [1.29, 1.82) is 0 Å². The van der Waals surface area contributed by atoms with Crippen LogP contribution in [0.25, 0.3) is 0 Å². The van der Waals surface area contributed by atoms with Gasteiger partial charge in [0.25, 0.3) is 0 Å². The van der Waals surface area contributed by atoms with Crippen LogP contribution in [0.15, 0.2) is 0 Å². The second kappa shape index (κ2) is 14.4. The molecule has 0 fully saturated rings. The Bertz CT molecular complexity index is 277. The van der Waals surface area contributed by atoms with Crippen LogP contribution in [0.1, 0.15) is 26.7 Å². The lowest BCUT2D eigenvalue weighted by Gasteiger charge is -2.21. The lowest BCUT2D eigenvalue weighted by molar-refractivity contribution is 0.108. The SMILES string of the molecule is CCCNC(=O)OCCN(CCN)CCOC(=O)NCCC. The molecule has 2 amide bonds. The van der Waals surface area contributed by atoms with Crippen molar-refractivity contribution < 1.29 is 19.1 Å². The Morgan fingerprint density at radius 1 is 0.909 bits per heavy atom. The van der Waals surface area contributed by atoms with Gasteiger partial charge in [0.15, 0.2) is 0 Å². The van der Waals surface area contributed by atoms with Crippen LogP contribution in [0.2, 0.25) is 0 Å². The summed E-state index contributed by atoms with van der Waals surface area (Å²) in [6.07, 6.45) is 0.909. The number of carbonyl (C=O) groups is 2. The van der Waals surface area contributed by atoms with Gasteiger partial charge in [-0.1, -0.05) is 13.8 Å². The molecule has 0 rings (SSSR count). The molecule has 130 valence electrons. The largest absolute Gasteiger partial charge is 0.448 e. The Morgan fingerprint density at radius 2 is 1.36 bits per heavy atom. The molecule has 8 nitrogen and oxygen atoms in total. The number of nitrogens with zero attached hydrogens (tertiary/aromatic N) is 1. The zero-order chi connectivity index (χ0) is 16.6. The van der Waals surface area contributed by atoms with E-state index < -0.39 is 12.2 Å². The van der Waals surface area contributed by atoms with Crippen LogP contribution in [-0.4, -0.2) is 69.6 Å². The van der Waals surface area contributed by atoms with Crippen molar-refractivity contribution in [2.75, 3.05) is 52.5 Å². The molecule has 4 N–H and O–H groups in total. The summed E-state index contributed by atoms with van der Waals surface area (Å²) in [4.78, 5) is 24.6. The van der Waals surface area contributed by atoms with Crippen LogP contribution >= 0.6 is 0 Å². The van der Waals surface area contributed by atoms with Crippen molar-refractivity contribution in [2.24, 2.45) is 5.73 Å². The van der Waals surface area contributed by atoms with Crippen LogP contribution < -0.4 is 16.4 Å². The van der Waals surface area contributed by atoms with E-state index in [0.717, 1.165) is 12.8 Å². The lowest BCUT2D eigenvalue weighted by Crippen LogP contribution is -2.37. The molecule has 0 unspecified atom stereocenters. The third kappa shape index (κ3) is 12.2. The monoisotopic (exact) mass is 318 g/mol. The van der Waals surface area contributed by atoms with Crippen molar-refractivity contribution >= 4 is 12.2 Å². The summed E-state index contributed by atoms with van der Waals surface area (Å²) in [5.41, 5.74) is 5.54. The van der Waals surface area contributed by atoms with E-state index in [1.165, 1.54) is 0 Å². The van der Waals surface area contributed by atoms with E-state index in [9.17, 15) is 9.59 Å². The first kappa shape index (κ1) is 20.5. The number of hydrogen-bond donors (Lipinski definition) is 3. The average Bonchev–Trinajstić information content (AvgIpc) is 2.50. The second-order valence-electron chi connectivity index (χ2n) is 4.76. The molecule has 0 aromatic heterocycles. The highest BCUT2D eigenvalue weighted by atomic mass is 16.6. The fourth-order valence-corrected chi connectivity index (χ4v) is 1.61. The Labute approximate surface area is 132 Å². The number of alkyl carbamates (subject to hydrolysis) is 2. The van der Waals surface area contributed by atoms with Gasteiger partial charge in [-0.3, -0.25) is 4.90 Å². The molecule has 0 bridgehead atoms. The quantitative estimate of drug-likeness (QED) is 0.484. The third-order valence-electron chi connectivity index (χ3n) is 2.77. The highest BCUT2D eigenvalue weighted by Crippen LogP contribution is 1.90. The van der Waals surface area contributed by atoms with E-state index in [-0.39, 0.29) is 13.2 Å². The van der Waals surface area contributed by atoms with Gasteiger partial charge in [0.1, 0.15) is 13.2 Å². The van der Waals surface area contributed by atoms with Gasteiger partial charge in [0.2, 0.25) is 0 Å². The van der Waals surface area contributed by atoms with Gasteiger partial charge in [-0.25, -0.2) is 9.59 Å². The number of rotatable bonds is 12. The summed E-state index contributed by atoms with van der Waals surface area (Å²) >= 11 is 0. The lowest BCUT2D eigenvalue weighted by atomic mass is 10.4. The van der Waals surface area contributed by atoms with Crippen molar-refractivity contribution in [2.45, 2.75) is 26.7 Å². The number of hydrogen-bond acceptors (Lipinski definition) is 6. The smallest absolute Gasteiger partial charge is 0.407 e. The summed E-state index contributed by atoms with van der Waals surface area (Å²) in [6.45, 7) is 7.95. The first-order valence-corrected chi connectivity index (χ1v) is 7.87. The predicted octanol–water partition coefficient (Wildman–Crippen LogP) is 0.520. The number of nitrogens with two attached hydrogens (primary N) is 1.